The highest BCUT2D eigenvalue weighted by molar-refractivity contribution is 7.13. The van der Waals surface area contributed by atoms with Crippen molar-refractivity contribution in [3.8, 4) is 10.6 Å². The lowest BCUT2D eigenvalue weighted by Crippen LogP contribution is -2.13. The van der Waals surface area contributed by atoms with Gasteiger partial charge in [-0.05, 0) is 35.6 Å². The fourth-order valence-electron chi connectivity index (χ4n) is 2.65. The molecule has 0 bridgehead atoms. The molecule has 6 nitrogen and oxygen atoms in total. The van der Waals surface area contributed by atoms with E-state index in [1.165, 1.54) is 11.1 Å². The summed E-state index contributed by atoms with van der Waals surface area (Å²) in [6.07, 6.45) is 1.85. The third-order valence-electron chi connectivity index (χ3n) is 4.07. The van der Waals surface area contributed by atoms with Crippen molar-refractivity contribution in [2.24, 2.45) is 0 Å². The number of nitrogens with zero attached hydrogens (tertiary/aromatic N) is 3. The van der Waals surface area contributed by atoms with Gasteiger partial charge in [-0.3, -0.25) is 14.6 Å². The summed E-state index contributed by atoms with van der Waals surface area (Å²) in [5.74, 6) is 0.217. The standard InChI is InChI=1S/C19H17N5OS/c1-13-5-2-3-6-14(13)12-24-9-8-18(23-24)20-19(25)16-11-15(21-22-16)17-7-4-10-26-17/h2-11H,12H2,1H3,(H,21,22)(H,20,23,25). The number of rotatable bonds is 5. The fourth-order valence-corrected chi connectivity index (χ4v) is 3.35. The number of H-pyrrole nitrogens is 1. The second-order valence-corrected chi connectivity index (χ2v) is 6.87. The summed E-state index contributed by atoms with van der Waals surface area (Å²) in [7, 11) is 0. The molecule has 0 saturated carbocycles. The molecule has 26 heavy (non-hydrogen) atoms. The fraction of sp³-hybridized carbons (Fsp3) is 0.105. The van der Waals surface area contributed by atoms with Gasteiger partial charge in [0, 0.05) is 12.3 Å². The summed E-state index contributed by atoms with van der Waals surface area (Å²) >= 11 is 1.59. The van der Waals surface area contributed by atoms with Crippen molar-refractivity contribution in [2.45, 2.75) is 13.5 Å². The summed E-state index contributed by atoms with van der Waals surface area (Å²) < 4.78 is 1.81. The van der Waals surface area contributed by atoms with E-state index in [9.17, 15) is 4.79 Å². The number of carbonyl (C=O) groups excluding carboxylic acids is 1. The van der Waals surface area contributed by atoms with E-state index in [1.54, 1.807) is 28.2 Å². The molecule has 3 aromatic heterocycles. The second-order valence-electron chi connectivity index (χ2n) is 5.92. The van der Waals surface area contributed by atoms with Crippen molar-refractivity contribution in [2.75, 3.05) is 5.32 Å². The minimum atomic E-state index is -0.287. The predicted molar refractivity (Wildman–Crippen MR) is 102 cm³/mol. The molecular weight excluding hydrogens is 346 g/mol. The Bertz CT molecular complexity index is 1030. The molecule has 1 amide bonds. The van der Waals surface area contributed by atoms with Gasteiger partial charge in [-0.1, -0.05) is 30.3 Å². The Morgan fingerprint density at radius 1 is 1.23 bits per heavy atom. The molecule has 0 aliphatic heterocycles. The largest absolute Gasteiger partial charge is 0.304 e. The van der Waals surface area contributed by atoms with Crippen LogP contribution < -0.4 is 5.32 Å². The quantitative estimate of drug-likeness (QED) is 0.564. The molecule has 4 rings (SSSR count). The number of hydrogen-bond acceptors (Lipinski definition) is 4. The van der Waals surface area contributed by atoms with E-state index in [1.807, 2.05) is 35.8 Å². The van der Waals surface area contributed by atoms with Crippen molar-refractivity contribution < 1.29 is 4.79 Å². The normalized spacial score (nSPS) is 10.8. The minimum Gasteiger partial charge on any atom is -0.304 e. The number of aromatic nitrogens is 4. The van der Waals surface area contributed by atoms with Crippen LogP contribution in [0, 0.1) is 6.92 Å². The first-order chi connectivity index (χ1) is 12.7. The zero-order valence-electron chi connectivity index (χ0n) is 14.1. The lowest BCUT2D eigenvalue weighted by atomic mass is 10.1. The summed E-state index contributed by atoms with van der Waals surface area (Å²) in [6.45, 7) is 2.73. The maximum Gasteiger partial charge on any atom is 0.277 e. The Hall–Kier alpha value is -3.19. The summed E-state index contributed by atoms with van der Waals surface area (Å²) in [5.41, 5.74) is 3.57. The van der Waals surface area contributed by atoms with E-state index < -0.39 is 0 Å². The van der Waals surface area contributed by atoms with E-state index in [0.29, 0.717) is 18.1 Å². The molecule has 130 valence electrons. The lowest BCUT2D eigenvalue weighted by molar-refractivity contribution is 0.102. The van der Waals surface area contributed by atoms with Gasteiger partial charge in [0.25, 0.3) is 5.91 Å². The van der Waals surface area contributed by atoms with Crippen molar-refractivity contribution in [1.82, 2.24) is 20.0 Å². The maximum atomic E-state index is 12.4. The Balaban J connectivity index is 1.44. The van der Waals surface area contributed by atoms with Crippen molar-refractivity contribution in [3.05, 3.63) is 76.9 Å². The van der Waals surface area contributed by atoms with Crippen LogP contribution in [-0.4, -0.2) is 25.9 Å². The van der Waals surface area contributed by atoms with Crippen LogP contribution >= 0.6 is 11.3 Å². The van der Waals surface area contributed by atoms with Gasteiger partial charge >= 0.3 is 0 Å². The Morgan fingerprint density at radius 2 is 2.12 bits per heavy atom. The maximum absolute atomic E-state index is 12.4. The van der Waals surface area contributed by atoms with Crippen molar-refractivity contribution >= 4 is 23.1 Å². The molecule has 0 spiro atoms. The SMILES string of the molecule is Cc1ccccc1Cn1ccc(NC(=O)c2cc(-c3cccs3)[nH]n2)n1. The highest BCUT2D eigenvalue weighted by Crippen LogP contribution is 2.23. The molecule has 7 heteroatoms. The minimum absolute atomic E-state index is 0.287. The molecule has 3 heterocycles. The molecule has 0 saturated heterocycles. The topological polar surface area (TPSA) is 75.6 Å². The Morgan fingerprint density at radius 3 is 2.92 bits per heavy atom. The van der Waals surface area contributed by atoms with Gasteiger partial charge in [-0.2, -0.15) is 10.2 Å². The molecule has 1 aromatic carbocycles. The first-order valence-corrected chi connectivity index (χ1v) is 9.05. The smallest absolute Gasteiger partial charge is 0.277 e. The average molecular weight is 363 g/mol. The van der Waals surface area contributed by atoms with Gasteiger partial charge in [0.05, 0.1) is 17.1 Å². The van der Waals surface area contributed by atoms with E-state index in [4.69, 9.17) is 0 Å². The van der Waals surface area contributed by atoms with Gasteiger partial charge in [-0.15, -0.1) is 11.3 Å². The van der Waals surface area contributed by atoms with Crippen LogP contribution in [0.5, 0.6) is 0 Å². The van der Waals surface area contributed by atoms with Gasteiger partial charge in [0.2, 0.25) is 0 Å². The van der Waals surface area contributed by atoms with Crippen LogP contribution in [0.1, 0.15) is 21.6 Å². The van der Waals surface area contributed by atoms with E-state index in [2.05, 4.69) is 39.7 Å². The number of nitrogens with one attached hydrogen (secondary N) is 2. The average Bonchev–Trinajstić information content (AvgIpc) is 3.38. The third-order valence-corrected chi connectivity index (χ3v) is 4.98. The third kappa shape index (κ3) is 3.43. The molecule has 0 unspecified atom stereocenters. The summed E-state index contributed by atoms with van der Waals surface area (Å²) in [5, 5.41) is 16.2. The lowest BCUT2D eigenvalue weighted by Gasteiger charge is -2.05. The van der Waals surface area contributed by atoms with Gasteiger partial charge in [0.1, 0.15) is 0 Å². The van der Waals surface area contributed by atoms with E-state index >= 15 is 0 Å². The molecule has 4 aromatic rings. The first kappa shape index (κ1) is 16.3. The number of hydrogen-bond donors (Lipinski definition) is 2. The summed E-state index contributed by atoms with van der Waals surface area (Å²) in [6, 6.07) is 15.6. The molecule has 2 N–H and O–H groups in total. The Labute approximate surface area is 154 Å². The van der Waals surface area contributed by atoms with Crippen LogP contribution in [0.4, 0.5) is 5.82 Å². The number of carbonyl (C=O) groups is 1. The molecule has 0 fully saturated rings. The highest BCUT2D eigenvalue weighted by atomic mass is 32.1. The first-order valence-electron chi connectivity index (χ1n) is 8.17. The number of amides is 1. The van der Waals surface area contributed by atoms with Crippen LogP contribution in [0.25, 0.3) is 10.6 Å². The monoisotopic (exact) mass is 363 g/mol. The number of aryl methyl sites for hydroxylation is 1. The number of anilines is 1. The number of benzene rings is 1. The molecule has 0 aliphatic rings. The summed E-state index contributed by atoms with van der Waals surface area (Å²) in [4.78, 5) is 13.4. The second kappa shape index (κ2) is 6.97. The zero-order valence-corrected chi connectivity index (χ0v) is 15.0. The number of aromatic amines is 1. The Kier molecular flexibility index (Phi) is 4.37. The van der Waals surface area contributed by atoms with Crippen LogP contribution in [0.2, 0.25) is 0 Å². The van der Waals surface area contributed by atoms with Crippen LogP contribution in [0.3, 0.4) is 0 Å². The van der Waals surface area contributed by atoms with Gasteiger partial charge < -0.3 is 5.32 Å². The van der Waals surface area contributed by atoms with E-state index in [-0.39, 0.29) is 5.91 Å². The molecule has 0 atom stereocenters. The van der Waals surface area contributed by atoms with Crippen LogP contribution in [0.15, 0.2) is 60.1 Å². The molecule has 0 radical (unpaired) electrons. The van der Waals surface area contributed by atoms with E-state index in [0.717, 1.165) is 10.6 Å². The van der Waals surface area contributed by atoms with Crippen molar-refractivity contribution in [3.63, 3.8) is 0 Å². The van der Waals surface area contributed by atoms with Crippen LogP contribution in [-0.2, 0) is 6.54 Å². The van der Waals surface area contributed by atoms with Gasteiger partial charge in [-0.25, -0.2) is 0 Å². The number of thiophene rings is 1. The highest BCUT2D eigenvalue weighted by Gasteiger charge is 2.13. The zero-order chi connectivity index (χ0) is 17.9. The molecular formula is C19H17N5OS. The van der Waals surface area contributed by atoms with Gasteiger partial charge in [0.15, 0.2) is 11.5 Å². The predicted octanol–water partition coefficient (Wildman–Crippen LogP) is 3.94. The molecule has 0 aliphatic carbocycles. The van der Waals surface area contributed by atoms with Crippen molar-refractivity contribution in [1.29, 1.82) is 0 Å².